The quantitative estimate of drug-likeness (QED) is 0.171. The first-order chi connectivity index (χ1) is 19.5. The number of oxime groups is 2. The lowest BCUT2D eigenvalue weighted by atomic mass is 10.1. The Labute approximate surface area is 235 Å². The molecule has 0 bridgehead atoms. The zero-order valence-corrected chi connectivity index (χ0v) is 22.8. The van der Waals surface area contributed by atoms with Gasteiger partial charge in [-0.2, -0.15) is 43.2 Å². The van der Waals surface area contributed by atoms with Gasteiger partial charge in [-0.15, -0.1) is 0 Å². The van der Waals surface area contributed by atoms with Gasteiger partial charge in [-0.05, 0) is 66.7 Å². The highest BCUT2D eigenvalue weighted by Gasteiger charge is 2.40. The lowest BCUT2D eigenvalue weighted by Crippen LogP contribution is -2.25. The Bertz CT molecular complexity index is 1560. The van der Waals surface area contributed by atoms with Gasteiger partial charge in [-0.3, -0.25) is 8.57 Å². The third kappa shape index (κ3) is 7.90. The van der Waals surface area contributed by atoms with E-state index in [0.717, 1.165) is 66.7 Å². The minimum absolute atomic E-state index is 0.199. The minimum Gasteiger partial charge on any atom is -0.497 e. The van der Waals surface area contributed by atoms with Crippen LogP contribution in [-0.4, -0.2) is 54.8 Å². The summed E-state index contributed by atoms with van der Waals surface area (Å²) in [7, 11) is -7.83. The number of benzene rings is 3. The smallest absolute Gasteiger partial charge is 0.437 e. The first-order valence-electron chi connectivity index (χ1n) is 11.0. The summed E-state index contributed by atoms with van der Waals surface area (Å²) in [6, 6.07) is 11.0. The van der Waals surface area contributed by atoms with Gasteiger partial charge in [-0.25, -0.2) is 0 Å². The normalized spacial score (nSPS) is 13.4. The fourth-order valence-electron chi connectivity index (χ4n) is 3.08. The van der Waals surface area contributed by atoms with Crippen LogP contribution in [0, 0.1) is 0 Å². The molecule has 10 nitrogen and oxygen atoms in total. The maximum Gasteiger partial charge on any atom is 0.437 e. The van der Waals surface area contributed by atoms with Crippen LogP contribution >= 0.6 is 0 Å². The van der Waals surface area contributed by atoms with Crippen molar-refractivity contribution in [2.24, 2.45) is 10.3 Å². The molecule has 0 N–H and O–H groups in total. The Morgan fingerprint density at radius 1 is 0.595 bits per heavy atom. The van der Waals surface area contributed by atoms with Crippen molar-refractivity contribution < 1.29 is 61.2 Å². The molecule has 18 heteroatoms. The van der Waals surface area contributed by atoms with E-state index in [0.29, 0.717) is 6.07 Å². The molecule has 3 rings (SSSR count). The minimum atomic E-state index is -5.18. The van der Waals surface area contributed by atoms with Crippen LogP contribution in [0.2, 0.25) is 0 Å². The molecule has 3 aromatic carbocycles. The van der Waals surface area contributed by atoms with Gasteiger partial charge in [0.1, 0.15) is 21.3 Å². The number of ether oxygens (including phenoxy) is 2. The van der Waals surface area contributed by atoms with Crippen LogP contribution in [0.1, 0.15) is 11.1 Å². The fourth-order valence-corrected chi connectivity index (χ4v) is 4.70. The molecule has 0 aliphatic rings. The Hall–Kier alpha value is -4.32. The van der Waals surface area contributed by atoms with Gasteiger partial charge < -0.3 is 9.47 Å². The highest BCUT2D eigenvalue weighted by atomic mass is 32.2. The van der Waals surface area contributed by atoms with Crippen molar-refractivity contribution >= 4 is 31.7 Å². The van der Waals surface area contributed by atoms with Crippen LogP contribution in [0.4, 0.5) is 26.3 Å². The monoisotopic (exact) mass is 640 g/mol. The Balaban J connectivity index is 1.92. The van der Waals surface area contributed by atoms with Crippen molar-refractivity contribution in [2.45, 2.75) is 22.1 Å². The second-order valence-corrected chi connectivity index (χ2v) is 10.9. The molecule has 0 unspecified atom stereocenters. The lowest BCUT2D eigenvalue weighted by molar-refractivity contribution is -0.0606. The van der Waals surface area contributed by atoms with Crippen LogP contribution in [0.5, 0.6) is 11.5 Å². The van der Waals surface area contributed by atoms with Gasteiger partial charge in [-0.1, -0.05) is 16.4 Å². The van der Waals surface area contributed by atoms with Crippen molar-refractivity contribution in [3.05, 3.63) is 83.9 Å². The van der Waals surface area contributed by atoms with Gasteiger partial charge in [0.25, 0.3) is 0 Å². The molecular formula is C24H18F6N2O8S2. The van der Waals surface area contributed by atoms with Crippen LogP contribution in [0.3, 0.4) is 0 Å². The molecule has 3 aromatic rings. The largest absolute Gasteiger partial charge is 0.497 e. The lowest BCUT2D eigenvalue weighted by Gasteiger charge is -2.12. The number of rotatable bonds is 10. The molecule has 0 spiro atoms. The molecule has 226 valence electrons. The molecule has 0 heterocycles. The molecular weight excluding hydrogens is 622 g/mol. The third-order valence-corrected chi connectivity index (χ3v) is 7.30. The van der Waals surface area contributed by atoms with E-state index in [2.05, 4.69) is 18.9 Å². The predicted molar refractivity (Wildman–Crippen MR) is 134 cm³/mol. The number of alkyl halides is 6. The maximum absolute atomic E-state index is 13.5. The zero-order chi connectivity index (χ0) is 31.3. The number of methoxy groups -OCH3 is 2. The number of hydrogen-bond acceptors (Lipinski definition) is 10. The van der Waals surface area contributed by atoms with Crippen molar-refractivity contribution in [1.29, 1.82) is 0 Å². The average molecular weight is 641 g/mol. The van der Waals surface area contributed by atoms with Gasteiger partial charge in [0.05, 0.1) is 14.2 Å². The van der Waals surface area contributed by atoms with Gasteiger partial charge in [0.15, 0.2) is 11.4 Å². The SMILES string of the molecule is COc1ccc(/C(=N/OS(=O)(=O)c2cccc(S(=O)(=O)O/N=C(/c3ccc(OC)cc3)C(F)(F)F)c2)C(F)(F)F)cc1. The Morgan fingerprint density at radius 3 is 1.21 bits per heavy atom. The average Bonchev–Trinajstić information content (AvgIpc) is 2.92. The van der Waals surface area contributed by atoms with Crippen molar-refractivity contribution in [1.82, 2.24) is 0 Å². The standard InChI is InChI=1S/C24H18F6N2O8S2/c1-37-17-10-6-15(7-11-17)21(23(25,26)27)31-39-41(33,34)19-4-3-5-20(14-19)42(35,36)40-32-22(24(28,29)30)16-8-12-18(38-2)13-9-16/h3-14H,1-2H3/b31-21-,32-22-. The molecule has 0 atom stereocenters. The summed E-state index contributed by atoms with van der Waals surface area (Å²) >= 11 is 0. The predicted octanol–water partition coefficient (Wildman–Crippen LogP) is 5.05. The third-order valence-electron chi connectivity index (χ3n) is 5.10. The van der Waals surface area contributed by atoms with E-state index in [1.807, 2.05) is 0 Å². The van der Waals surface area contributed by atoms with E-state index in [1.165, 1.54) is 14.2 Å². The van der Waals surface area contributed by atoms with Crippen molar-refractivity contribution in [2.75, 3.05) is 14.2 Å². The summed E-state index contributed by atoms with van der Waals surface area (Å²) < 4.78 is 150. The van der Waals surface area contributed by atoms with E-state index < -0.39 is 64.9 Å². The summed E-state index contributed by atoms with van der Waals surface area (Å²) in [4.78, 5) is -2.02. The van der Waals surface area contributed by atoms with E-state index in [-0.39, 0.29) is 11.5 Å². The van der Waals surface area contributed by atoms with Gasteiger partial charge in [0.2, 0.25) is 0 Å². The van der Waals surface area contributed by atoms with Crippen molar-refractivity contribution in [3.8, 4) is 11.5 Å². The van der Waals surface area contributed by atoms with E-state index in [9.17, 15) is 43.2 Å². The first kappa shape index (κ1) is 32.2. The molecule has 0 radical (unpaired) electrons. The maximum atomic E-state index is 13.5. The summed E-state index contributed by atoms with van der Waals surface area (Å²) in [5, 5.41) is 5.44. The zero-order valence-electron chi connectivity index (χ0n) is 21.2. The molecule has 0 saturated heterocycles. The molecule has 0 amide bonds. The number of nitrogens with zero attached hydrogens (tertiary/aromatic N) is 2. The van der Waals surface area contributed by atoms with E-state index in [1.54, 1.807) is 0 Å². The molecule has 0 aliphatic carbocycles. The van der Waals surface area contributed by atoms with Crippen LogP contribution in [0.15, 0.2) is 92.9 Å². The topological polar surface area (TPSA) is 130 Å². The number of halogens is 6. The summed E-state index contributed by atoms with van der Waals surface area (Å²) in [5.74, 6) is 0.398. The molecule has 0 fully saturated rings. The number of hydrogen-bond donors (Lipinski definition) is 0. The highest BCUT2D eigenvalue weighted by molar-refractivity contribution is 7.87. The fraction of sp³-hybridized carbons (Fsp3) is 0.167. The molecule has 0 saturated carbocycles. The van der Waals surface area contributed by atoms with Crippen LogP contribution in [0.25, 0.3) is 0 Å². The van der Waals surface area contributed by atoms with Crippen molar-refractivity contribution in [3.63, 3.8) is 0 Å². The van der Waals surface area contributed by atoms with E-state index in [4.69, 9.17) is 9.47 Å². The second-order valence-electron chi connectivity index (χ2n) is 7.86. The molecule has 42 heavy (non-hydrogen) atoms. The van der Waals surface area contributed by atoms with Crippen LogP contribution in [-0.2, 0) is 28.8 Å². The summed E-state index contributed by atoms with van der Waals surface area (Å²) in [6.07, 6.45) is -10.4. The molecule has 0 aromatic heterocycles. The second kappa shape index (κ2) is 12.3. The first-order valence-corrected chi connectivity index (χ1v) is 13.9. The van der Waals surface area contributed by atoms with Crippen LogP contribution < -0.4 is 9.47 Å². The van der Waals surface area contributed by atoms with Gasteiger partial charge in [0, 0.05) is 11.1 Å². The Morgan fingerprint density at radius 2 is 0.929 bits per heavy atom. The van der Waals surface area contributed by atoms with E-state index >= 15 is 0 Å². The highest BCUT2D eigenvalue weighted by Crippen LogP contribution is 2.28. The Kier molecular flexibility index (Phi) is 9.41. The summed E-state index contributed by atoms with van der Waals surface area (Å²) in [6.45, 7) is 0. The summed E-state index contributed by atoms with van der Waals surface area (Å²) in [5.41, 5.74) is -4.65. The van der Waals surface area contributed by atoms with Gasteiger partial charge >= 0.3 is 32.6 Å². The molecule has 0 aliphatic heterocycles.